The number of halogens is 2. The van der Waals surface area contributed by atoms with Crippen LogP contribution in [0.5, 0.6) is 0 Å². The molecule has 0 aliphatic rings. The van der Waals surface area contributed by atoms with E-state index in [1.54, 1.807) is 18.2 Å². The van der Waals surface area contributed by atoms with Crippen molar-refractivity contribution < 1.29 is 18.7 Å². The number of esters is 1. The number of nitrogens with zero attached hydrogens (tertiary/aromatic N) is 1. The number of carbonyl (C=O) groups excluding carboxylic acids is 1. The lowest BCUT2D eigenvalue weighted by Crippen LogP contribution is -2.11. The Balaban J connectivity index is 2.13. The molecule has 1 aromatic carbocycles. The van der Waals surface area contributed by atoms with Crippen molar-refractivity contribution in [2.75, 3.05) is 20.3 Å². The minimum Gasteiger partial charge on any atom is -0.459 e. The van der Waals surface area contributed by atoms with Crippen molar-refractivity contribution in [3.05, 3.63) is 51.2 Å². The Morgan fingerprint density at radius 1 is 1.40 bits per heavy atom. The van der Waals surface area contributed by atoms with Gasteiger partial charge in [0.2, 0.25) is 0 Å². The Bertz CT molecular complexity index is 811. The van der Waals surface area contributed by atoms with Crippen molar-refractivity contribution in [1.82, 2.24) is 0 Å². The summed E-state index contributed by atoms with van der Waals surface area (Å²) >= 11 is 10.7. The lowest BCUT2D eigenvalue weighted by molar-refractivity contribution is -0.139. The van der Waals surface area contributed by atoms with E-state index >= 15 is 0 Å². The average Bonchev–Trinajstić information content (AvgIpc) is 2.94. The van der Waals surface area contributed by atoms with Crippen LogP contribution in [0.3, 0.4) is 0 Å². The second-order valence-corrected chi connectivity index (χ2v) is 6.98. The van der Waals surface area contributed by atoms with Crippen molar-refractivity contribution in [1.29, 1.82) is 5.26 Å². The molecule has 25 heavy (non-hydrogen) atoms. The van der Waals surface area contributed by atoms with Crippen molar-refractivity contribution in [2.24, 2.45) is 0 Å². The van der Waals surface area contributed by atoms with E-state index in [1.807, 2.05) is 18.2 Å². The minimum absolute atomic E-state index is 0.0773. The summed E-state index contributed by atoms with van der Waals surface area (Å²) in [7, 11) is 1.50. The summed E-state index contributed by atoms with van der Waals surface area (Å²) < 4.78 is 16.1. The fourth-order valence-electron chi connectivity index (χ4n) is 1.69. The molecule has 2 rings (SSSR count). The Kier molecular flexibility index (Phi) is 7.59. The predicted octanol–water partition coefficient (Wildman–Crippen LogP) is 4.94. The number of hydrogen-bond acceptors (Lipinski definition) is 6. The minimum atomic E-state index is -0.723. The smallest absolute Gasteiger partial charge is 0.349 e. The molecule has 2 aromatic rings. The van der Waals surface area contributed by atoms with Gasteiger partial charge in [0.15, 0.2) is 5.09 Å². The van der Waals surface area contributed by atoms with Crippen LogP contribution in [0, 0.1) is 11.3 Å². The van der Waals surface area contributed by atoms with Gasteiger partial charge in [-0.05, 0) is 46.3 Å². The number of nitriles is 1. The molecule has 5 nitrogen and oxygen atoms in total. The molecule has 0 bridgehead atoms. The van der Waals surface area contributed by atoms with E-state index in [9.17, 15) is 4.79 Å². The van der Waals surface area contributed by atoms with Crippen LogP contribution >= 0.6 is 39.3 Å². The highest BCUT2D eigenvalue weighted by Crippen LogP contribution is 2.36. The van der Waals surface area contributed by atoms with E-state index in [2.05, 4.69) is 15.9 Å². The number of furan rings is 1. The first-order valence-electron chi connectivity index (χ1n) is 7.04. The third-order valence-electron chi connectivity index (χ3n) is 2.85. The van der Waals surface area contributed by atoms with E-state index < -0.39 is 5.97 Å². The molecule has 0 N–H and O–H groups in total. The number of benzene rings is 1. The molecule has 0 aliphatic carbocycles. The van der Waals surface area contributed by atoms with Crippen LogP contribution in [0.15, 0.2) is 54.8 Å². The number of carbonyl (C=O) groups is 1. The zero-order valence-corrected chi connectivity index (χ0v) is 16.3. The normalized spacial score (nSPS) is 11.2. The van der Waals surface area contributed by atoms with Crippen molar-refractivity contribution in [3.63, 3.8) is 0 Å². The van der Waals surface area contributed by atoms with E-state index in [4.69, 9.17) is 30.8 Å². The molecule has 0 radical (unpaired) electrons. The third-order valence-corrected chi connectivity index (χ3v) is 4.95. The van der Waals surface area contributed by atoms with E-state index in [0.717, 1.165) is 4.90 Å². The zero-order valence-electron chi connectivity index (χ0n) is 13.1. The molecule has 1 heterocycles. The fourth-order valence-corrected chi connectivity index (χ4v) is 3.15. The average molecular weight is 443 g/mol. The maximum atomic E-state index is 11.8. The molecular weight excluding hydrogens is 430 g/mol. The topological polar surface area (TPSA) is 72.5 Å². The molecule has 0 spiro atoms. The van der Waals surface area contributed by atoms with E-state index in [1.165, 1.54) is 24.9 Å². The summed E-state index contributed by atoms with van der Waals surface area (Å²) in [5.41, 5.74) is -0.152. The summed E-state index contributed by atoms with van der Waals surface area (Å²) in [5, 5.41) is 10.4. The van der Waals surface area contributed by atoms with E-state index in [0.29, 0.717) is 20.3 Å². The number of ether oxygens (including phenoxy) is 2. The summed E-state index contributed by atoms with van der Waals surface area (Å²) in [4.78, 5) is 12.8. The van der Waals surface area contributed by atoms with Gasteiger partial charge in [-0.15, -0.1) is 0 Å². The maximum Gasteiger partial charge on any atom is 0.349 e. The zero-order chi connectivity index (χ0) is 18.2. The first-order chi connectivity index (χ1) is 12.0. The van der Waals surface area contributed by atoms with Crippen LogP contribution in [0.25, 0.3) is 6.08 Å². The molecule has 0 aliphatic heterocycles. The molecule has 8 heteroatoms. The first-order valence-corrected chi connectivity index (χ1v) is 9.03. The van der Waals surface area contributed by atoms with Gasteiger partial charge in [-0.3, -0.25) is 0 Å². The first kappa shape index (κ1) is 19.6. The summed E-state index contributed by atoms with van der Waals surface area (Å²) in [6.45, 7) is 0.340. The Labute approximate surface area is 162 Å². The van der Waals surface area contributed by atoms with Gasteiger partial charge < -0.3 is 13.9 Å². The molecule has 0 fully saturated rings. The van der Waals surface area contributed by atoms with Crippen LogP contribution in [0.4, 0.5) is 0 Å². The van der Waals surface area contributed by atoms with E-state index in [-0.39, 0.29) is 18.8 Å². The van der Waals surface area contributed by atoms with Gasteiger partial charge in [-0.1, -0.05) is 23.4 Å². The molecule has 130 valence electrons. The molecule has 0 unspecified atom stereocenters. The van der Waals surface area contributed by atoms with Gasteiger partial charge in [-0.25, -0.2) is 4.79 Å². The van der Waals surface area contributed by atoms with Crippen molar-refractivity contribution in [2.45, 2.75) is 9.99 Å². The van der Waals surface area contributed by atoms with Crippen LogP contribution in [0.1, 0.15) is 5.76 Å². The third kappa shape index (κ3) is 5.94. The lowest BCUT2D eigenvalue weighted by Gasteiger charge is -2.02. The standard InChI is InChI=1S/C17H13BrClNO4S/c1-22-6-7-23-16(21)11(10-20)8-13-9-15(18)17(24-13)25-14-4-2-12(19)3-5-14/h2-5,8-9H,6-7H2,1H3. The molecule has 0 amide bonds. The highest BCUT2D eigenvalue weighted by Gasteiger charge is 2.14. The highest BCUT2D eigenvalue weighted by molar-refractivity contribution is 9.10. The Hall–Kier alpha value is -1.72. The van der Waals surface area contributed by atoms with Crippen LogP contribution < -0.4 is 0 Å². The van der Waals surface area contributed by atoms with Gasteiger partial charge in [0, 0.05) is 23.1 Å². The quantitative estimate of drug-likeness (QED) is 0.262. The van der Waals surface area contributed by atoms with Crippen molar-refractivity contribution >= 4 is 51.3 Å². The van der Waals surface area contributed by atoms with Gasteiger partial charge in [0.1, 0.15) is 24.0 Å². The number of rotatable bonds is 7. The fraction of sp³-hybridized carbons (Fsp3) is 0.176. The summed E-state index contributed by atoms with van der Waals surface area (Å²) in [6, 6.07) is 10.8. The van der Waals surface area contributed by atoms with Crippen LogP contribution in [-0.4, -0.2) is 26.3 Å². The van der Waals surface area contributed by atoms with Gasteiger partial charge >= 0.3 is 5.97 Å². The van der Waals surface area contributed by atoms with Gasteiger partial charge in [0.05, 0.1) is 11.1 Å². The second kappa shape index (κ2) is 9.68. The molecule has 0 saturated heterocycles. The predicted molar refractivity (Wildman–Crippen MR) is 98.4 cm³/mol. The number of methoxy groups -OCH3 is 1. The molecule has 0 saturated carbocycles. The number of hydrogen-bond donors (Lipinski definition) is 0. The van der Waals surface area contributed by atoms with Crippen molar-refractivity contribution in [3.8, 4) is 6.07 Å². The highest BCUT2D eigenvalue weighted by atomic mass is 79.9. The summed E-state index contributed by atoms with van der Waals surface area (Å²) in [6.07, 6.45) is 1.34. The summed E-state index contributed by atoms with van der Waals surface area (Å²) in [5.74, 6) is -0.359. The second-order valence-electron chi connectivity index (χ2n) is 4.64. The molecule has 1 aromatic heterocycles. The lowest BCUT2D eigenvalue weighted by atomic mass is 10.2. The van der Waals surface area contributed by atoms with Gasteiger partial charge in [-0.2, -0.15) is 5.26 Å². The van der Waals surface area contributed by atoms with Gasteiger partial charge in [0.25, 0.3) is 0 Å². The molecule has 0 atom stereocenters. The SMILES string of the molecule is COCCOC(=O)C(C#N)=Cc1cc(Br)c(Sc2ccc(Cl)cc2)o1. The molecular formula is C17H13BrClNO4S. The Morgan fingerprint density at radius 3 is 2.76 bits per heavy atom. The monoisotopic (exact) mass is 441 g/mol. The van der Waals surface area contributed by atoms with Crippen LogP contribution in [-0.2, 0) is 14.3 Å². The largest absolute Gasteiger partial charge is 0.459 e. The van der Waals surface area contributed by atoms with Crippen LogP contribution in [0.2, 0.25) is 5.02 Å². The Morgan fingerprint density at radius 2 is 2.12 bits per heavy atom. The maximum absolute atomic E-state index is 11.8.